The Morgan fingerprint density at radius 3 is 2.77 bits per heavy atom. The molecule has 7 nitrogen and oxygen atoms in total. The molecule has 1 atom stereocenters. The number of anilines is 2. The fraction of sp³-hybridized carbons (Fsp3) is 0.400. The lowest BCUT2D eigenvalue weighted by Crippen LogP contribution is -2.45. The average molecular weight is 419 g/mol. The molecule has 2 rings (SSSR count). The largest absolute Gasteiger partial charge is 0.299 e. The second kappa shape index (κ2) is 8.78. The molecular weight excluding hydrogens is 399 g/mol. The van der Waals surface area contributed by atoms with E-state index in [1.54, 1.807) is 0 Å². The van der Waals surface area contributed by atoms with Crippen LogP contribution in [0, 0.1) is 5.82 Å². The summed E-state index contributed by atoms with van der Waals surface area (Å²) in [7, 11) is -3.81. The molecule has 1 N–H and O–H groups in total. The number of hydrogen-bond donors (Lipinski definition) is 1. The topological polar surface area (TPSA) is 92.3 Å². The third-order valence-corrected chi connectivity index (χ3v) is 6.64. The average Bonchev–Trinajstić information content (AvgIpc) is 2.99. The van der Waals surface area contributed by atoms with E-state index in [1.807, 2.05) is 6.92 Å². The number of nitrogens with one attached hydrogen (secondary N) is 1. The summed E-state index contributed by atoms with van der Waals surface area (Å²) in [6, 6.07) is 3.98. The van der Waals surface area contributed by atoms with Gasteiger partial charge in [0.25, 0.3) is 0 Å². The fourth-order valence-electron chi connectivity index (χ4n) is 2.14. The van der Waals surface area contributed by atoms with Gasteiger partial charge in [0.1, 0.15) is 11.9 Å². The highest BCUT2D eigenvalue weighted by Crippen LogP contribution is 2.27. The first-order valence-electron chi connectivity index (χ1n) is 7.74. The number of amides is 1. The molecule has 0 bridgehead atoms. The molecule has 0 aliphatic heterocycles. The summed E-state index contributed by atoms with van der Waals surface area (Å²) in [5, 5.41) is 10.7. The first kappa shape index (κ1) is 20.6. The molecule has 0 radical (unpaired) electrons. The van der Waals surface area contributed by atoms with Gasteiger partial charge in [0.15, 0.2) is 4.34 Å². The molecule has 1 aromatic carbocycles. The lowest BCUT2D eigenvalue weighted by molar-refractivity contribution is -0.116. The molecule has 1 unspecified atom stereocenters. The summed E-state index contributed by atoms with van der Waals surface area (Å²) >= 11 is 2.75. The van der Waals surface area contributed by atoms with Crippen LogP contribution in [0.2, 0.25) is 0 Å². The van der Waals surface area contributed by atoms with Crippen molar-refractivity contribution in [1.29, 1.82) is 0 Å². The minimum Gasteiger partial charge on any atom is -0.299 e. The number of benzene rings is 1. The van der Waals surface area contributed by atoms with E-state index in [9.17, 15) is 17.6 Å². The van der Waals surface area contributed by atoms with Gasteiger partial charge in [-0.1, -0.05) is 36.1 Å². The Balaban J connectivity index is 2.19. The number of hydrogen-bond acceptors (Lipinski definition) is 7. The molecule has 0 aliphatic carbocycles. The van der Waals surface area contributed by atoms with E-state index in [4.69, 9.17) is 0 Å². The summed E-state index contributed by atoms with van der Waals surface area (Å²) in [5.74, 6) is -0.284. The summed E-state index contributed by atoms with van der Waals surface area (Å²) in [6.45, 7) is 3.47. The molecule has 0 fully saturated rings. The van der Waals surface area contributed by atoms with Gasteiger partial charge in [-0.05, 0) is 31.5 Å². The molecule has 2 aromatic rings. The molecule has 0 saturated heterocycles. The minimum absolute atomic E-state index is 0.0756. The number of halogens is 1. The number of sulfonamides is 1. The lowest BCUT2D eigenvalue weighted by Gasteiger charge is -2.27. The predicted molar refractivity (Wildman–Crippen MR) is 103 cm³/mol. The van der Waals surface area contributed by atoms with Gasteiger partial charge in [-0.25, -0.2) is 12.8 Å². The Bertz CT molecular complexity index is 873. The second-order valence-electron chi connectivity index (χ2n) is 5.43. The highest BCUT2D eigenvalue weighted by atomic mass is 32.2. The molecule has 1 aromatic heterocycles. The first-order chi connectivity index (χ1) is 12.2. The zero-order valence-corrected chi connectivity index (χ0v) is 16.9. The highest BCUT2D eigenvalue weighted by Gasteiger charge is 2.30. The number of rotatable bonds is 8. The van der Waals surface area contributed by atoms with Crippen molar-refractivity contribution in [3.05, 3.63) is 30.1 Å². The van der Waals surface area contributed by atoms with Crippen molar-refractivity contribution in [2.75, 3.05) is 21.6 Å². The Hall–Kier alpha value is -1.72. The summed E-state index contributed by atoms with van der Waals surface area (Å²) in [6.07, 6.45) is 1.95. The van der Waals surface area contributed by atoms with Gasteiger partial charge in [0.05, 0.1) is 11.9 Å². The normalized spacial score (nSPS) is 12.6. The number of carbonyl (C=O) groups is 1. The Kier molecular flexibility index (Phi) is 6.95. The minimum atomic E-state index is -3.81. The van der Waals surface area contributed by atoms with Crippen LogP contribution < -0.4 is 9.62 Å². The van der Waals surface area contributed by atoms with Crippen LogP contribution in [0.4, 0.5) is 15.2 Å². The number of aromatic nitrogens is 2. The number of carbonyl (C=O) groups excluding carboxylic acids is 1. The predicted octanol–water partition coefficient (Wildman–Crippen LogP) is 2.97. The molecule has 11 heteroatoms. The Morgan fingerprint density at radius 2 is 2.15 bits per heavy atom. The molecular formula is C15H19FN4O3S3. The molecule has 0 aliphatic rings. The zero-order valence-electron chi connectivity index (χ0n) is 14.5. The van der Waals surface area contributed by atoms with E-state index in [-0.39, 0.29) is 10.8 Å². The van der Waals surface area contributed by atoms with Gasteiger partial charge >= 0.3 is 0 Å². The van der Waals surface area contributed by atoms with Crippen molar-refractivity contribution in [2.45, 2.75) is 30.6 Å². The van der Waals surface area contributed by atoms with Crippen molar-refractivity contribution < 1.29 is 17.6 Å². The molecule has 0 spiro atoms. The van der Waals surface area contributed by atoms with Crippen LogP contribution in [0.25, 0.3) is 0 Å². The maximum absolute atomic E-state index is 13.5. The molecule has 142 valence electrons. The van der Waals surface area contributed by atoms with Gasteiger partial charge in [-0.15, -0.1) is 10.2 Å². The SMILES string of the molecule is CCCSc1nnc(NC(=O)C(C)N(c2cccc(F)c2)S(C)(=O)=O)s1. The number of thioether (sulfide) groups is 1. The highest BCUT2D eigenvalue weighted by molar-refractivity contribution is 8.01. The van der Waals surface area contributed by atoms with Crippen LogP contribution >= 0.6 is 23.1 Å². The van der Waals surface area contributed by atoms with Crippen molar-refractivity contribution in [3.63, 3.8) is 0 Å². The molecule has 1 heterocycles. The molecule has 0 saturated carbocycles. The smallest absolute Gasteiger partial charge is 0.249 e. The van der Waals surface area contributed by atoms with Crippen LogP contribution in [0.15, 0.2) is 28.6 Å². The van der Waals surface area contributed by atoms with Crippen molar-refractivity contribution in [3.8, 4) is 0 Å². The van der Waals surface area contributed by atoms with Crippen LogP contribution in [-0.4, -0.2) is 42.6 Å². The Labute approximate surface area is 160 Å². The van der Waals surface area contributed by atoms with E-state index < -0.39 is 27.8 Å². The fourth-order valence-corrected chi connectivity index (χ4v) is 4.99. The van der Waals surface area contributed by atoms with Crippen molar-refractivity contribution in [1.82, 2.24) is 10.2 Å². The molecule has 26 heavy (non-hydrogen) atoms. The molecule has 1 amide bonds. The van der Waals surface area contributed by atoms with Crippen LogP contribution in [-0.2, 0) is 14.8 Å². The standard InChI is InChI=1S/C15H19FN4O3S3/c1-4-8-24-15-19-18-14(25-15)17-13(21)10(2)20(26(3,22)23)12-7-5-6-11(16)9-12/h5-7,9-10H,4,8H2,1-3H3,(H,17,18,21). The van der Waals surface area contributed by atoms with Gasteiger partial charge in [0, 0.05) is 5.75 Å². The zero-order chi connectivity index (χ0) is 19.3. The third kappa shape index (κ3) is 5.39. The Morgan fingerprint density at radius 1 is 1.42 bits per heavy atom. The summed E-state index contributed by atoms with van der Waals surface area (Å²) < 4.78 is 39.4. The maximum Gasteiger partial charge on any atom is 0.249 e. The van der Waals surface area contributed by atoms with Gasteiger partial charge in [-0.3, -0.25) is 14.4 Å². The summed E-state index contributed by atoms with van der Waals surface area (Å²) in [5.41, 5.74) is 0.0756. The van der Waals surface area contributed by atoms with Crippen molar-refractivity contribution >= 4 is 49.8 Å². The van der Waals surface area contributed by atoms with E-state index in [1.165, 1.54) is 48.2 Å². The van der Waals surface area contributed by atoms with E-state index in [0.717, 1.165) is 33.1 Å². The van der Waals surface area contributed by atoms with Crippen LogP contribution in [0.3, 0.4) is 0 Å². The monoisotopic (exact) mass is 418 g/mol. The van der Waals surface area contributed by atoms with Crippen molar-refractivity contribution in [2.24, 2.45) is 0 Å². The second-order valence-corrected chi connectivity index (χ2v) is 9.60. The van der Waals surface area contributed by atoms with E-state index in [2.05, 4.69) is 15.5 Å². The number of nitrogens with zero attached hydrogens (tertiary/aromatic N) is 3. The van der Waals surface area contributed by atoms with Gasteiger partial charge in [-0.2, -0.15) is 0 Å². The maximum atomic E-state index is 13.5. The van der Waals surface area contributed by atoms with E-state index in [0.29, 0.717) is 0 Å². The third-order valence-electron chi connectivity index (χ3n) is 3.22. The van der Waals surface area contributed by atoms with Crippen LogP contribution in [0.1, 0.15) is 20.3 Å². The first-order valence-corrected chi connectivity index (χ1v) is 11.4. The summed E-state index contributed by atoms with van der Waals surface area (Å²) in [4.78, 5) is 12.5. The van der Waals surface area contributed by atoms with Crippen LogP contribution in [0.5, 0.6) is 0 Å². The van der Waals surface area contributed by atoms with Gasteiger partial charge < -0.3 is 0 Å². The quantitative estimate of drug-likeness (QED) is 0.523. The van der Waals surface area contributed by atoms with E-state index >= 15 is 0 Å². The lowest BCUT2D eigenvalue weighted by atomic mass is 10.2. The van der Waals surface area contributed by atoms with Gasteiger partial charge in [0.2, 0.25) is 21.1 Å².